The predicted octanol–water partition coefficient (Wildman–Crippen LogP) is 2.65. The smallest absolute Gasteiger partial charge is 0.151 e. The van der Waals surface area contributed by atoms with Gasteiger partial charge in [0.05, 0.1) is 0 Å². The molecular formula is C16H24N4. The SMILES string of the molecule is CC(C)Cc1nc(CCC(N)c2ccccc2)n(C)n1. The van der Waals surface area contributed by atoms with E-state index in [4.69, 9.17) is 5.73 Å². The minimum absolute atomic E-state index is 0.0569. The average Bonchev–Trinajstić information content (AvgIpc) is 2.76. The lowest BCUT2D eigenvalue weighted by molar-refractivity contribution is 0.600. The summed E-state index contributed by atoms with van der Waals surface area (Å²) in [6.07, 6.45) is 2.67. The van der Waals surface area contributed by atoms with E-state index in [1.165, 1.54) is 5.56 Å². The fourth-order valence-corrected chi connectivity index (χ4v) is 2.30. The van der Waals surface area contributed by atoms with Crippen molar-refractivity contribution < 1.29 is 0 Å². The van der Waals surface area contributed by atoms with Crippen LogP contribution in [0.25, 0.3) is 0 Å². The van der Waals surface area contributed by atoms with Gasteiger partial charge in [-0.05, 0) is 17.9 Å². The molecule has 0 fully saturated rings. The van der Waals surface area contributed by atoms with Gasteiger partial charge in [-0.2, -0.15) is 5.10 Å². The van der Waals surface area contributed by atoms with E-state index in [9.17, 15) is 0 Å². The maximum atomic E-state index is 6.22. The lowest BCUT2D eigenvalue weighted by atomic mass is 10.0. The van der Waals surface area contributed by atoms with Gasteiger partial charge < -0.3 is 5.73 Å². The second-order valence-corrected chi connectivity index (χ2v) is 5.72. The van der Waals surface area contributed by atoms with Crippen molar-refractivity contribution in [1.82, 2.24) is 14.8 Å². The van der Waals surface area contributed by atoms with Crippen LogP contribution in [0, 0.1) is 5.92 Å². The van der Waals surface area contributed by atoms with Gasteiger partial charge in [0.1, 0.15) is 5.82 Å². The maximum absolute atomic E-state index is 6.22. The molecule has 2 aromatic rings. The van der Waals surface area contributed by atoms with E-state index in [2.05, 4.69) is 36.1 Å². The fourth-order valence-electron chi connectivity index (χ4n) is 2.30. The summed E-state index contributed by atoms with van der Waals surface area (Å²) in [5.74, 6) is 2.54. The van der Waals surface area contributed by atoms with Gasteiger partial charge in [-0.15, -0.1) is 0 Å². The summed E-state index contributed by atoms with van der Waals surface area (Å²) in [6.45, 7) is 4.36. The third-order valence-electron chi connectivity index (χ3n) is 3.39. The van der Waals surface area contributed by atoms with Crippen LogP contribution in [0.5, 0.6) is 0 Å². The topological polar surface area (TPSA) is 56.7 Å². The maximum Gasteiger partial charge on any atom is 0.151 e. The number of hydrogen-bond acceptors (Lipinski definition) is 3. The molecular weight excluding hydrogens is 248 g/mol. The summed E-state index contributed by atoms with van der Waals surface area (Å²) in [5, 5.41) is 4.47. The molecule has 0 saturated heterocycles. The average molecular weight is 272 g/mol. The van der Waals surface area contributed by atoms with E-state index >= 15 is 0 Å². The van der Waals surface area contributed by atoms with Crippen molar-refractivity contribution in [3.8, 4) is 0 Å². The van der Waals surface area contributed by atoms with Crippen LogP contribution in [0.4, 0.5) is 0 Å². The van der Waals surface area contributed by atoms with E-state index in [1.807, 2.05) is 29.9 Å². The molecule has 1 unspecified atom stereocenters. The molecule has 0 amide bonds. The summed E-state index contributed by atoms with van der Waals surface area (Å²) < 4.78 is 1.88. The van der Waals surface area contributed by atoms with E-state index in [0.717, 1.165) is 30.9 Å². The van der Waals surface area contributed by atoms with Gasteiger partial charge in [-0.3, -0.25) is 4.68 Å². The van der Waals surface area contributed by atoms with Gasteiger partial charge in [0.25, 0.3) is 0 Å². The number of benzene rings is 1. The molecule has 0 radical (unpaired) electrons. The predicted molar refractivity (Wildman–Crippen MR) is 81.2 cm³/mol. The van der Waals surface area contributed by atoms with Crippen LogP contribution in [-0.4, -0.2) is 14.8 Å². The molecule has 0 aliphatic rings. The number of aryl methyl sites for hydroxylation is 2. The summed E-state index contributed by atoms with van der Waals surface area (Å²) in [4.78, 5) is 4.61. The van der Waals surface area contributed by atoms with Crippen molar-refractivity contribution in [2.75, 3.05) is 0 Å². The van der Waals surface area contributed by atoms with E-state index in [-0.39, 0.29) is 6.04 Å². The lowest BCUT2D eigenvalue weighted by Gasteiger charge is -2.11. The minimum Gasteiger partial charge on any atom is -0.324 e. The molecule has 1 aromatic carbocycles. The van der Waals surface area contributed by atoms with Gasteiger partial charge in [0, 0.05) is 25.9 Å². The Balaban J connectivity index is 1.95. The van der Waals surface area contributed by atoms with E-state index < -0.39 is 0 Å². The minimum atomic E-state index is 0.0569. The first kappa shape index (κ1) is 14.7. The first-order valence-corrected chi connectivity index (χ1v) is 7.25. The van der Waals surface area contributed by atoms with Crippen molar-refractivity contribution in [3.63, 3.8) is 0 Å². The van der Waals surface area contributed by atoms with Gasteiger partial charge in [0.15, 0.2) is 5.82 Å². The van der Waals surface area contributed by atoms with Crippen LogP contribution in [-0.2, 0) is 19.9 Å². The molecule has 0 spiro atoms. The molecule has 20 heavy (non-hydrogen) atoms. The second-order valence-electron chi connectivity index (χ2n) is 5.72. The Labute approximate surface area is 121 Å². The Morgan fingerprint density at radius 1 is 1.20 bits per heavy atom. The van der Waals surface area contributed by atoms with Gasteiger partial charge in [-0.1, -0.05) is 44.2 Å². The number of rotatable bonds is 6. The highest BCUT2D eigenvalue weighted by Gasteiger charge is 2.11. The third-order valence-corrected chi connectivity index (χ3v) is 3.39. The molecule has 0 saturated carbocycles. The van der Waals surface area contributed by atoms with Crippen LogP contribution in [0.15, 0.2) is 30.3 Å². The van der Waals surface area contributed by atoms with Crippen molar-refractivity contribution in [1.29, 1.82) is 0 Å². The van der Waals surface area contributed by atoms with Crippen LogP contribution in [0.3, 0.4) is 0 Å². The molecule has 2 N–H and O–H groups in total. The third kappa shape index (κ3) is 3.90. The van der Waals surface area contributed by atoms with Crippen molar-refractivity contribution in [2.24, 2.45) is 18.7 Å². The Bertz CT molecular complexity index is 531. The molecule has 1 aromatic heterocycles. The van der Waals surface area contributed by atoms with Crippen LogP contribution in [0.1, 0.15) is 43.5 Å². The van der Waals surface area contributed by atoms with E-state index in [0.29, 0.717) is 5.92 Å². The summed E-state index contributed by atoms with van der Waals surface area (Å²) in [7, 11) is 1.96. The normalized spacial score (nSPS) is 12.8. The van der Waals surface area contributed by atoms with Crippen LogP contribution >= 0.6 is 0 Å². The van der Waals surface area contributed by atoms with Gasteiger partial charge in [0.2, 0.25) is 0 Å². The zero-order valence-corrected chi connectivity index (χ0v) is 12.6. The second kappa shape index (κ2) is 6.66. The molecule has 4 heteroatoms. The summed E-state index contributed by atoms with van der Waals surface area (Å²) in [6, 6.07) is 10.3. The van der Waals surface area contributed by atoms with E-state index in [1.54, 1.807) is 0 Å². The Kier molecular flexibility index (Phi) is 4.90. The first-order valence-electron chi connectivity index (χ1n) is 7.25. The number of hydrogen-bond donors (Lipinski definition) is 1. The summed E-state index contributed by atoms with van der Waals surface area (Å²) >= 11 is 0. The first-order chi connectivity index (χ1) is 9.56. The molecule has 2 rings (SSSR count). The molecule has 1 atom stereocenters. The monoisotopic (exact) mass is 272 g/mol. The van der Waals surface area contributed by atoms with Gasteiger partial charge >= 0.3 is 0 Å². The van der Waals surface area contributed by atoms with Crippen LogP contribution < -0.4 is 5.73 Å². The number of aromatic nitrogens is 3. The van der Waals surface area contributed by atoms with Crippen molar-refractivity contribution in [2.45, 2.75) is 39.2 Å². The molecule has 4 nitrogen and oxygen atoms in total. The molecule has 1 heterocycles. The van der Waals surface area contributed by atoms with Crippen LogP contribution in [0.2, 0.25) is 0 Å². The Hall–Kier alpha value is -1.68. The quantitative estimate of drug-likeness (QED) is 0.879. The Morgan fingerprint density at radius 3 is 2.55 bits per heavy atom. The largest absolute Gasteiger partial charge is 0.324 e. The molecule has 0 bridgehead atoms. The summed E-state index contributed by atoms with van der Waals surface area (Å²) in [5.41, 5.74) is 7.40. The molecule has 108 valence electrons. The zero-order chi connectivity index (χ0) is 14.5. The van der Waals surface area contributed by atoms with Gasteiger partial charge in [-0.25, -0.2) is 4.98 Å². The molecule has 0 aliphatic carbocycles. The highest BCUT2D eigenvalue weighted by Crippen LogP contribution is 2.16. The number of nitrogens with two attached hydrogens (primary N) is 1. The lowest BCUT2D eigenvalue weighted by Crippen LogP contribution is -2.12. The zero-order valence-electron chi connectivity index (χ0n) is 12.6. The Morgan fingerprint density at radius 2 is 1.90 bits per heavy atom. The highest BCUT2D eigenvalue weighted by molar-refractivity contribution is 5.18. The molecule has 0 aliphatic heterocycles. The van der Waals surface area contributed by atoms with Crippen molar-refractivity contribution >= 4 is 0 Å². The highest BCUT2D eigenvalue weighted by atomic mass is 15.3. The fraction of sp³-hybridized carbons (Fsp3) is 0.500. The van der Waals surface area contributed by atoms with Crippen molar-refractivity contribution in [3.05, 3.63) is 47.5 Å². The standard InChI is InChI=1S/C16H24N4/c1-12(2)11-15-18-16(20(3)19-15)10-9-14(17)13-7-5-4-6-8-13/h4-8,12,14H,9-11,17H2,1-3H3. The number of nitrogens with zero attached hydrogens (tertiary/aromatic N) is 3.